The van der Waals surface area contributed by atoms with Crippen LogP contribution < -0.4 is 0 Å². The van der Waals surface area contributed by atoms with E-state index in [-0.39, 0.29) is 30.7 Å². The zero-order valence-corrected chi connectivity index (χ0v) is 11.6. The summed E-state index contributed by atoms with van der Waals surface area (Å²) >= 11 is 0. The lowest BCUT2D eigenvalue weighted by atomic mass is 9.91. The highest BCUT2D eigenvalue weighted by Crippen LogP contribution is 2.26. The molecule has 0 spiro atoms. The van der Waals surface area contributed by atoms with Gasteiger partial charge in [0.1, 0.15) is 6.61 Å². The summed E-state index contributed by atoms with van der Waals surface area (Å²) in [5.41, 5.74) is 0. The normalized spacial score (nSPS) is 15.6. The molecule has 8 heteroatoms. The number of rotatable bonds is 7. The lowest BCUT2D eigenvalue weighted by Gasteiger charge is -2.19. The number of aromatic nitrogens is 2. The van der Waals surface area contributed by atoms with Crippen molar-refractivity contribution in [3.8, 4) is 0 Å². The van der Waals surface area contributed by atoms with E-state index >= 15 is 0 Å². The molecule has 5 nitrogen and oxygen atoms in total. The number of nitrogens with zero attached hydrogens (tertiary/aromatic N) is 2. The number of halogens is 3. The molecule has 116 valence electrons. The summed E-state index contributed by atoms with van der Waals surface area (Å²) in [6, 6.07) is 0. The minimum absolute atomic E-state index is 0.102. The summed E-state index contributed by atoms with van der Waals surface area (Å²) in [5, 5.41) is 13.3. The second-order valence-electron chi connectivity index (χ2n) is 4.98. The van der Waals surface area contributed by atoms with Gasteiger partial charge in [-0.15, -0.1) is 0 Å². The molecule has 1 heterocycles. The molecule has 0 aromatic carbocycles. The van der Waals surface area contributed by atoms with Crippen LogP contribution in [0.3, 0.4) is 0 Å². The van der Waals surface area contributed by atoms with Crippen LogP contribution in [0.25, 0.3) is 0 Å². The number of hydrogen-bond acceptors (Lipinski definition) is 5. The Kier molecular flexibility index (Phi) is 5.94. The van der Waals surface area contributed by atoms with Crippen LogP contribution in [0.15, 0.2) is 4.52 Å². The van der Waals surface area contributed by atoms with E-state index in [1.54, 1.807) is 6.92 Å². The smallest absolute Gasteiger partial charge is 0.393 e. The quantitative estimate of drug-likeness (QED) is 0.782. The van der Waals surface area contributed by atoms with Crippen LogP contribution in [0, 0.1) is 5.92 Å². The van der Waals surface area contributed by atoms with Gasteiger partial charge < -0.3 is 14.4 Å². The summed E-state index contributed by atoms with van der Waals surface area (Å²) in [4.78, 5) is 4.09. The molecule has 0 amide bonds. The Morgan fingerprint density at radius 3 is 2.45 bits per heavy atom. The van der Waals surface area contributed by atoms with Gasteiger partial charge in [0.2, 0.25) is 5.89 Å². The molecule has 0 aliphatic rings. The van der Waals surface area contributed by atoms with E-state index in [1.165, 1.54) is 0 Å². The molecule has 20 heavy (non-hydrogen) atoms. The first-order valence-corrected chi connectivity index (χ1v) is 6.35. The van der Waals surface area contributed by atoms with E-state index in [0.717, 1.165) is 0 Å². The highest BCUT2D eigenvalue weighted by atomic mass is 19.4. The SMILES string of the molecule is CC(C)C(c1nc(CCOCC(F)(F)F)no1)C(C)O. The Hall–Kier alpha value is -1.15. The predicted octanol–water partition coefficient (Wildman–Crippen LogP) is 2.31. The van der Waals surface area contributed by atoms with Gasteiger partial charge in [0.15, 0.2) is 5.82 Å². The molecule has 0 fully saturated rings. The highest BCUT2D eigenvalue weighted by molar-refractivity contribution is 4.98. The van der Waals surface area contributed by atoms with E-state index in [2.05, 4.69) is 14.9 Å². The molecule has 1 N–H and O–H groups in total. The topological polar surface area (TPSA) is 68.4 Å². The highest BCUT2D eigenvalue weighted by Gasteiger charge is 2.28. The summed E-state index contributed by atoms with van der Waals surface area (Å²) in [7, 11) is 0. The van der Waals surface area contributed by atoms with E-state index in [1.807, 2.05) is 13.8 Å². The van der Waals surface area contributed by atoms with E-state index < -0.39 is 18.9 Å². The largest absolute Gasteiger partial charge is 0.411 e. The number of ether oxygens (including phenoxy) is 1. The first-order chi connectivity index (χ1) is 9.20. The van der Waals surface area contributed by atoms with Crippen molar-refractivity contribution in [3.63, 3.8) is 0 Å². The Morgan fingerprint density at radius 2 is 1.95 bits per heavy atom. The fourth-order valence-electron chi connectivity index (χ4n) is 1.90. The van der Waals surface area contributed by atoms with E-state index in [4.69, 9.17) is 4.52 Å². The third-order valence-corrected chi connectivity index (χ3v) is 2.74. The first kappa shape index (κ1) is 16.9. The lowest BCUT2D eigenvalue weighted by Crippen LogP contribution is -2.20. The maximum Gasteiger partial charge on any atom is 0.411 e. The van der Waals surface area contributed by atoms with Crippen LogP contribution in [0.4, 0.5) is 13.2 Å². The van der Waals surface area contributed by atoms with Crippen LogP contribution in [0.1, 0.15) is 38.4 Å². The van der Waals surface area contributed by atoms with Gasteiger partial charge >= 0.3 is 6.18 Å². The zero-order chi connectivity index (χ0) is 15.3. The molecule has 2 atom stereocenters. The minimum atomic E-state index is -4.34. The average molecular weight is 296 g/mol. The van der Waals surface area contributed by atoms with Crippen molar-refractivity contribution in [1.82, 2.24) is 10.1 Å². The van der Waals surface area contributed by atoms with E-state index in [0.29, 0.717) is 5.89 Å². The van der Waals surface area contributed by atoms with Crippen LogP contribution >= 0.6 is 0 Å². The van der Waals surface area contributed by atoms with Crippen molar-refractivity contribution in [2.45, 2.75) is 45.4 Å². The Labute approximate surface area is 115 Å². The number of hydrogen-bond donors (Lipinski definition) is 1. The summed E-state index contributed by atoms with van der Waals surface area (Å²) in [5.74, 6) is 0.367. The number of alkyl halides is 3. The second-order valence-corrected chi connectivity index (χ2v) is 4.98. The average Bonchev–Trinajstić information content (AvgIpc) is 2.70. The van der Waals surface area contributed by atoms with Gasteiger partial charge in [-0.25, -0.2) is 0 Å². The Bertz CT molecular complexity index is 397. The van der Waals surface area contributed by atoms with Crippen LogP contribution in [0.5, 0.6) is 0 Å². The molecule has 1 rings (SSSR count). The predicted molar refractivity (Wildman–Crippen MR) is 64.1 cm³/mol. The van der Waals surface area contributed by atoms with Gasteiger partial charge in [0, 0.05) is 6.42 Å². The maximum absolute atomic E-state index is 11.9. The zero-order valence-electron chi connectivity index (χ0n) is 11.6. The van der Waals surface area contributed by atoms with E-state index in [9.17, 15) is 18.3 Å². The molecule has 2 unspecified atom stereocenters. The van der Waals surface area contributed by atoms with Crippen molar-refractivity contribution in [1.29, 1.82) is 0 Å². The molecule has 0 saturated heterocycles. The molecule has 0 radical (unpaired) electrons. The van der Waals surface area contributed by atoms with Crippen molar-refractivity contribution in [3.05, 3.63) is 11.7 Å². The van der Waals surface area contributed by atoms with Crippen molar-refractivity contribution in [2.75, 3.05) is 13.2 Å². The summed E-state index contributed by atoms with van der Waals surface area (Å²) < 4.78 is 45.1. The first-order valence-electron chi connectivity index (χ1n) is 6.35. The second kappa shape index (κ2) is 7.03. The van der Waals surface area contributed by atoms with Gasteiger partial charge in [0.25, 0.3) is 0 Å². The Balaban J connectivity index is 2.51. The molecule has 1 aromatic heterocycles. The lowest BCUT2D eigenvalue weighted by molar-refractivity contribution is -0.173. The molecular formula is C12H19F3N2O3. The van der Waals surface area contributed by atoms with Gasteiger partial charge in [-0.1, -0.05) is 19.0 Å². The van der Waals surface area contributed by atoms with Crippen LogP contribution in [-0.2, 0) is 11.2 Å². The summed E-state index contributed by atoms with van der Waals surface area (Å²) in [6.45, 7) is 4.02. The third kappa shape index (κ3) is 5.46. The van der Waals surface area contributed by atoms with Crippen LogP contribution in [0.2, 0.25) is 0 Å². The number of aliphatic hydroxyl groups is 1. The summed E-state index contributed by atoms with van der Waals surface area (Å²) in [6.07, 6.45) is -4.86. The Morgan fingerprint density at radius 1 is 1.30 bits per heavy atom. The van der Waals surface area contributed by atoms with Crippen LogP contribution in [-0.4, -0.2) is 40.7 Å². The molecular weight excluding hydrogens is 277 g/mol. The standard InChI is InChI=1S/C12H19F3N2O3/c1-7(2)10(8(3)18)11-16-9(17-20-11)4-5-19-6-12(13,14)15/h7-8,10,18H,4-6H2,1-3H3. The molecule has 0 saturated carbocycles. The van der Waals surface area contributed by atoms with Gasteiger partial charge in [-0.2, -0.15) is 18.2 Å². The van der Waals surface area contributed by atoms with Gasteiger partial charge in [-0.05, 0) is 12.8 Å². The number of aliphatic hydroxyl groups excluding tert-OH is 1. The van der Waals surface area contributed by atoms with Crippen molar-refractivity contribution >= 4 is 0 Å². The fraction of sp³-hybridized carbons (Fsp3) is 0.833. The van der Waals surface area contributed by atoms with Gasteiger partial charge in [0.05, 0.1) is 18.6 Å². The molecule has 0 bridgehead atoms. The van der Waals surface area contributed by atoms with Crippen molar-refractivity contribution < 1.29 is 27.5 Å². The molecule has 0 aliphatic carbocycles. The van der Waals surface area contributed by atoms with Crippen molar-refractivity contribution in [2.24, 2.45) is 5.92 Å². The maximum atomic E-state index is 11.9. The minimum Gasteiger partial charge on any atom is -0.393 e. The fourth-order valence-corrected chi connectivity index (χ4v) is 1.90. The molecule has 0 aliphatic heterocycles. The monoisotopic (exact) mass is 296 g/mol. The van der Waals surface area contributed by atoms with Gasteiger partial charge in [-0.3, -0.25) is 0 Å². The molecule has 1 aromatic rings. The third-order valence-electron chi connectivity index (χ3n) is 2.74.